The van der Waals surface area contributed by atoms with Gasteiger partial charge in [0, 0.05) is 47.9 Å². The number of ether oxygens (including phenoxy) is 1. The van der Waals surface area contributed by atoms with E-state index in [1.54, 1.807) is 18.2 Å². The third-order valence-electron chi connectivity index (χ3n) is 8.35. The highest BCUT2D eigenvalue weighted by atomic mass is 35.5. The number of morpholine rings is 1. The molecule has 228 valence electrons. The molecule has 1 fully saturated rings. The summed E-state index contributed by atoms with van der Waals surface area (Å²) in [6.45, 7) is 5.32. The van der Waals surface area contributed by atoms with Crippen molar-refractivity contribution in [2.75, 3.05) is 32.8 Å². The maximum absolute atomic E-state index is 13.5. The highest BCUT2D eigenvalue weighted by Crippen LogP contribution is 2.39. The van der Waals surface area contributed by atoms with Gasteiger partial charge in [0.2, 0.25) is 10.0 Å². The zero-order valence-electron chi connectivity index (χ0n) is 24.5. The molecule has 0 bridgehead atoms. The minimum atomic E-state index is -3.65. The summed E-state index contributed by atoms with van der Waals surface area (Å²) in [6, 6.07) is 15.1. The van der Waals surface area contributed by atoms with Gasteiger partial charge in [0.15, 0.2) is 5.82 Å². The number of rotatable bonds is 10. The van der Waals surface area contributed by atoms with E-state index in [4.69, 9.17) is 33.7 Å². The van der Waals surface area contributed by atoms with Gasteiger partial charge in [0.1, 0.15) is 16.3 Å². The van der Waals surface area contributed by atoms with Crippen LogP contribution in [0.1, 0.15) is 56.7 Å². The normalized spacial score (nSPS) is 16.0. The molecule has 2 aliphatic rings. The topological polar surface area (TPSA) is 80.9 Å². The van der Waals surface area contributed by atoms with Crippen LogP contribution < -0.4 is 5.32 Å². The first-order valence-electron chi connectivity index (χ1n) is 15.3. The number of sulfonamides is 1. The molecular formula is C32H38ClN5O3S2. The molecule has 8 nitrogen and oxygen atoms in total. The number of hydrogen-bond acceptors (Lipinski definition) is 5. The van der Waals surface area contributed by atoms with Crippen molar-refractivity contribution < 1.29 is 13.2 Å². The van der Waals surface area contributed by atoms with Crippen LogP contribution in [0.15, 0.2) is 53.4 Å². The van der Waals surface area contributed by atoms with Crippen molar-refractivity contribution in [3.05, 3.63) is 64.8 Å². The SMILES string of the molecule is CCCCCCNC(=S)c1c(-c2ccc(Cl)cc2)c2c3n(c(-c4cccc(S(=O)(=O)N5CCOCC5)c4)nn13)CCCC2. The molecule has 11 heteroatoms. The van der Waals surface area contributed by atoms with E-state index in [1.807, 2.05) is 22.7 Å². The molecule has 4 heterocycles. The van der Waals surface area contributed by atoms with Crippen LogP contribution in [0.25, 0.3) is 28.2 Å². The van der Waals surface area contributed by atoms with Gasteiger partial charge >= 0.3 is 0 Å². The summed E-state index contributed by atoms with van der Waals surface area (Å²) >= 11 is 12.3. The molecule has 2 aromatic carbocycles. The van der Waals surface area contributed by atoms with Gasteiger partial charge < -0.3 is 14.6 Å². The molecule has 4 aromatic rings. The molecule has 0 amide bonds. The fourth-order valence-corrected chi connectivity index (χ4v) is 8.03. The molecule has 0 unspecified atom stereocenters. The Bertz CT molecular complexity index is 1720. The van der Waals surface area contributed by atoms with Crippen molar-refractivity contribution in [1.29, 1.82) is 0 Å². The van der Waals surface area contributed by atoms with Crippen molar-refractivity contribution in [3.8, 4) is 22.5 Å². The van der Waals surface area contributed by atoms with Gasteiger partial charge in [-0.25, -0.2) is 12.9 Å². The molecule has 0 radical (unpaired) electrons. The number of thiocarbonyl (C=S) groups is 1. The lowest BCUT2D eigenvalue weighted by molar-refractivity contribution is 0.0730. The molecule has 0 atom stereocenters. The Kier molecular flexibility index (Phi) is 9.21. The Hall–Kier alpha value is -2.76. The van der Waals surface area contributed by atoms with Crippen LogP contribution in [0.3, 0.4) is 0 Å². The van der Waals surface area contributed by atoms with Gasteiger partial charge in [-0.2, -0.15) is 4.31 Å². The molecule has 0 aliphatic carbocycles. The number of hydrogen-bond donors (Lipinski definition) is 1. The van der Waals surface area contributed by atoms with Gasteiger partial charge in [0.05, 0.1) is 18.1 Å². The van der Waals surface area contributed by atoms with Gasteiger partial charge in [-0.15, -0.1) is 5.10 Å². The summed E-state index contributed by atoms with van der Waals surface area (Å²) in [6.07, 6.45) is 7.53. The third kappa shape index (κ3) is 6.00. The van der Waals surface area contributed by atoms with E-state index in [-0.39, 0.29) is 4.90 Å². The van der Waals surface area contributed by atoms with E-state index in [1.165, 1.54) is 22.7 Å². The van der Waals surface area contributed by atoms with Crippen LogP contribution in [0.2, 0.25) is 5.02 Å². The smallest absolute Gasteiger partial charge is 0.243 e. The number of benzene rings is 2. The second-order valence-electron chi connectivity index (χ2n) is 11.2. The summed E-state index contributed by atoms with van der Waals surface area (Å²) in [5.41, 5.74) is 6.02. The van der Waals surface area contributed by atoms with E-state index in [2.05, 4.69) is 28.9 Å². The second kappa shape index (κ2) is 13.1. The fraction of sp³-hybridized carbons (Fsp3) is 0.438. The number of nitrogens with one attached hydrogen (secondary N) is 1. The van der Waals surface area contributed by atoms with E-state index < -0.39 is 10.0 Å². The number of halogens is 1. The van der Waals surface area contributed by atoms with Crippen molar-refractivity contribution >= 4 is 44.5 Å². The highest BCUT2D eigenvalue weighted by Gasteiger charge is 2.31. The van der Waals surface area contributed by atoms with Crippen LogP contribution in [0.4, 0.5) is 0 Å². The van der Waals surface area contributed by atoms with Crippen LogP contribution in [0, 0.1) is 0 Å². The Labute approximate surface area is 264 Å². The third-order valence-corrected chi connectivity index (χ3v) is 10.8. The van der Waals surface area contributed by atoms with Gasteiger partial charge in [0.25, 0.3) is 0 Å². The summed E-state index contributed by atoms with van der Waals surface area (Å²) in [5.74, 6) is 0.742. The predicted octanol–water partition coefficient (Wildman–Crippen LogP) is 6.33. The molecule has 1 N–H and O–H groups in total. The molecule has 43 heavy (non-hydrogen) atoms. The molecule has 2 aromatic heterocycles. The first-order chi connectivity index (χ1) is 20.9. The fourth-order valence-electron chi connectivity index (χ4n) is 6.16. The lowest BCUT2D eigenvalue weighted by Crippen LogP contribution is -2.40. The van der Waals surface area contributed by atoms with Crippen LogP contribution in [-0.2, 0) is 27.7 Å². The number of nitrogens with zero attached hydrogens (tertiary/aromatic N) is 4. The average molecular weight is 640 g/mol. The Morgan fingerprint density at radius 2 is 1.81 bits per heavy atom. The lowest BCUT2D eigenvalue weighted by atomic mass is 9.98. The second-order valence-corrected chi connectivity index (χ2v) is 14.0. The maximum atomic E-state index is 13.5. The van der Waals surface area contributed by atoms with Crippen molar-refractivity contribution in [2.45, 2.75) is 63.3 Å². The van der Waals surface area contributed by atoms with E-state index in [9.17, 15) is 8.42 Å². The first-order valence-corrected chi connectivity index (χ1v) is 17.5. The molecule has 0 spiro atoms. The zero-order chi connectivity index (χ0) is 30.0. The zero-order valence-corrected chi connectivity index (χ0v) is 26.9. The lowest BCUT2D eigenvalue weighted by Gasteiger charge is -2.26. The Balaban J connectivity index is 1.47. The van der Waals surface area contributed by atoms with Crippen LogP contribution in [0.5, 0.6) is 0 Å². The minimum Gasteiger partial charge on any atom is -0.379 e. The van der Waals surface area contributed by atoms with Crippen molar-refractivity contribution in [2.24, 2.45) is 0 Å². The summed E-state index contributed by atoms with van der Waals surface area (Å²) < 4.78 is 38.1. The van der Waals surface area contributed by atoms with Crippen molar-refractivity contribution in [3.63, 3.8) is 0 Å². The summed E-state index contributed by atoms with van der Waals surface area (Å²) in [5, 5.41) is 9.38. The summed E-state index contributed by atoms with van der Waals surface area (Å²) in [4.78, 5) is 0.940. The monoisotopic (exact) mass is 639 g/mol. The minimum absolute atomic E-state index is 0.271. The Morgan fingerprint density at radius 1 is 1.02 bits per heavy atom. The van der Waals surface area contributed by atoms with E-state index >= 15 is 0 Å². The first kappa shape index (κ1) is 30.3. The largest absolute Gasteiger partial charge is 0.379 e. The van der Waals surface area contributed by atoms with Crippen LogP contribution >= 0.6 is 23.8 Å². The molecule has 0 saturated carbocycles. The van der Waals surface area contributed by atoms with Gasteiger partial charge in [-0.3, -0.25) is 0 Å². The highest BCUT2D eigenvalue weighted by molar-refractivity contribution is 7.89. The molecule has 2 aliphatic heterocycles. The maximum Gasteiger partial charge on any atom is 0.243 e. The average Bonchev–Trinajstić information content (AvgIpc) is 3.45. The van der Waals surface area contributed by atoms with E-state index in [0.717, 1.165) is 79.0 Å². The number of aromatic nitrogens is 3. The van der Waals surface area contributed by atoms with Gasteiger partial charge in [-0.05, 0) is 55.5 Å². The van der Waals surface area contributed by atoms with E-state index in [0.29, 0.717) is 36.3 Å². The predicted molar refractivity (Wildman–Crippen MR) is 175 cm³/mol. The van der Waals surface area contributed by atoms with Crippen LogP contribution in [-0.4, -0.2) is 64.7 Å². The molecule has 1 saturated heterocycles. The quantitative estimate of drug-likeness (QED) is 0.161. The molecule has 6 rings (SSSR count). The standard InChI is InChI=1S/C32H38ClN5O3S2/c1-2-3-4-6-16-34-31(42)29-28(23-12-14-25(33)15-13-23)27-11-5-7-17-37-30(35-38(29)32(27)37)24-9-8-10-26(22-24)43(39,40)36-18-20-41-21-19-36/h8-10,12-15,22H,2-7,11,16-21H2,1H3,(H,34,42). The summed E-state index contributed by atoms with van der Waals surface area (Å²) in [7, 11) is -3.65. The molecular weight excluding hydrogens is 602 g/mol. The van der Waals surface area contributed by atoms with Gasteiger partial charge in [-0.1, -0.05) is 74.3 Å². The number of aryl methyl sites for hydroxylation is 2. The van der Waals surface area contributed by atoms with Crippen molar-refractivity contribution in [1.82, 2.24) is 23.8 Å². The number of unbranched alkanes of at least 4 members (excludes halogenated alkanes) is 3. The Morgan fingerprint density at radius 3 is 2.58 bits per heavy atom.